The maximum Gasteiger partial charge on any atom is 0.252 e. The van der Waals surface area contributed by atoms with Crippen molar-refractivity contribution in [3.8, 4) is 50.2 Å². The zero-order chi connectivity index (χ0) is 88.8. The summed E-state index contributed by atoms with van der Waals surface area (Å²) in [6.45, 7) is 29.8. The van der Waals surface area contributed by atoms with Crippen LogP contribution >= 0.6 is 0 Å². The lowest BCUT2D eigenvalue weighted by Crippen LogP contribution is -2.62. The molecule has 16 aromatic carbocycles. The SMILES string of the molecule is [2H]c1c([2H])c([2H])c2c(c1[2H])c1cc(-n3c4ccccc4c4ccccc43)ccc1n2CCc1cc2c3c(c1)N(Cc1cc(-c4ccccc4)cc(-c4ccccc4)c1)c1cc(Cn4c5ccc(C(C)(C)C)cc5c5cc(C(C)(C)C)ccc54)ccc1B3c1ccc(Cc3cccc(C(C)(C)C)c3)cc1N2CCc1c(-c2ccccc2)cc(C(C)(C)C)cc1-c1ccccc1. The van der Waals surface area contributed by atoms with E-state index in [4.69, 9.17) is 0 Å². The predicted molar refractivity (Wildman–Crippen MR) is 535 cm³/mol. The number of aryl methyl sites for hydroxylation is 2. The number of anilines is 4. The first-order valence-corrected chi connectivity index (χ1v) is 44.8. The Hall–Kier alpha value is -13.4. The Kier molecular flexibility index (Phi) is 18.3. The number of hydrogen-bond acceptors (Lipinski definition) is 2. The van der Waals surface area contributed by atoms with Crippen LogP contribution in [0.1, 0.15) is 144 Å². The highest BCUT2D eigenvalue weighted by molar-refractivity contribution is 7.00. The summed E-state index contributed by atoms with van der Waals surface area (Å²) in [6.07, 6.45) is 1.96. The highest BCUT2D eigenvalue weighted by Crippen LogP contribution is 2.47. The van der Waals surface area contributed by atoms with Gasteiger partial charge in [-0.1, -0.05) is 332 Å². The van der Waals surface area contributed by atoms with Gasteiger partial charge in [-0.3, -0.25) is 0 Å². The molecule has 19 aromatic rings. The fourth-order valence-electron chi connectivity index (χ4n) is 20.3. The Labute approximate surface area is 743 Å². The number of hydrogen-bond donors (Lipinski definition) is 0. The summed E-state index contributed by atoms with van der Waals surface area (Å²) in [5, 5.41) is 6.13. The molecule has 6 heteroatoms. The molecule has 0 spiro atoms. The lowest BCUT2D eigenvalue weighted by atomic mass is 9.33. The molecule has 5 nitrogen and oxygen atoms in total. The second-order valence-electron chi connectivity index (χ2n) is 39.3. The molecular formula is C119H108BN5. The Morgan fingerprint density at radius 1 is 0.280 bits per heavy atom. The minimum Gasteiger partial charge on any atom is -0.342 e. The number of para-hydroxylation sites is 3. The average molecular weight is 1620 g/mol. The van der Waals surface area contributed by atoms with Gasteiger partial charge < -0.3 is 23.5 Å². The normalized spacial score (nSPS) is 13.4. The predicted octanol–water partition coefficient (Wildman–Crippen LogP) is 28.6. The highest BCUT2D eigenvalue weighted by Gasteiger charge is 2.44. The summed E-state index contributed by atoms with van der Waals surface area (Å²) in [6, 6.07) is 123. The summed E-state index contributed by atoms with van der Waals surface area (Å²) in [7, 11) is 0. The smallest absolute Gasteiger partial charge is 0.252 e. The minimum atomic E-state index is -0.249. The largest absolute Gasteiger partial charge is 0.342 e. The topological polar surface area (TPSA) is 21.3 Å². The van der Waals surface area contributed by atoms with Gasteiger partial charge in [-0.15, -0.1) is 0 Å². The van der Waals surface area contributed by atoms with Gasteiger partial charge in [0.15, 0.2) is 0 Å². The van der Waals surface area contributed by atoms with Crippen LogP contribution in [0.25, 0.3) is 116 Å². The maximum atomic E-state index is 10.1. The van der Waals surface area contributed by atoms with Gasteiger partial charge in [-0.25, -0.2) is 0 Å². The monoisotopic (exact) mass is 1620 g/mol. The van der Waals surface area contributed by atoms with Gasteiger partial charge >= 0.3 is 0 Å². The number of nitrogens with zero attached hydrogens (tertiary/aromatic N) is 5. The molecule has 0 radical (unpaired) electrons. The van der Waals surface area contributed by atoms with Crippen LogP contribution in [0.4, 0.5) is 22.7 Å². The first-order valence-electron chi connectivity index (χ1n) is 46.8. The van der Waals surface area contributed by atoms with Crippen LogP contribution in [0, 0.1) is 0 Å². The molecule has 0 saturated carbocycles. The first kappa shape index (κ1) is 74.2. The minimum absolute atomic E-state index is 0.0412. The van der Waals surface area contributed by atoms with Gasteiger partial charge in [0, 0.05) is 109 Å². The van der Waals surface area contributed by atoms with Crippen molar-refractivity contribution in [2.24, 2.45) is 0 Å². The van der Waals surface area contributed by atoms with Crippen LogP contribution in [0.3, 0.4) is 0 Å². The van der Waals surface area contributed by atoms with E-state index in [0.29, 0.717) is 49.9 Å². The highest BCUT2D eigenvalue weighted by atomic mass is 15.2. The molecule has 2 aliphatic heterocycles. The molecule has 0 bridgehead atoms. The van der Waals surface area contributed by atoms with E-state index in [9.17, 15) is 5.48 Å². The van der Waals surface area contributed by atoms with Crippen LogP contribution in [0.15, 0.2) is 352 Å². The molecule has 0 fully saturated rings. The number of aromatic nitrogens is 3. The molecule has 21 rings (SSSR count). The fraction of sp³-hybridized carbons (Fsp3) is 0.193. The van der Waals surface area contributed by atoms with Crippen molar-refractivity contribution in [1.82, 2.24) is 13.7 Å². The van der Waals surface area contributed by atoms with Crippen molar-refractivity contribution in [2.45, 2.75) is 144 Å². The average Bonchev–Trinajstić information content (AvgIpc) is 1.68. The lowest BCUT2D eigenvalue weighted by Gasteiger charge is -2.45. The standard InChI is InChI=1S/C119H108BN5/c1-116(2,3)89-41-31-32-78(65-89)62-79-48-53-103-111(66-79)122(61-59-94-98(85-37-21-15-22-38-85)73-92(119(10,11)12)74-99(94)86-39-23-16-24-40-86)113-67-80(58-60-121-105-45-28-25-44-97(105)102-75-93(52-57-106(102)121)125-109-46-29-26-42-95(109)96-43-27-30-47-110(96)125)68-114-115(113)120(103)104-54-49-81(76-123-107-55-50-90(117(4,5)6)71-100(107)101-72-91(118(7,8)9)51-56-108(101)123)69-112(104)124(114)77-82-63-87(83-33-17-13-18-34-83)70-88(64-82)84-35-19-14-20-36-84/h13-57,63-75H,58-62,76-77H2,1-12H3/i25D,28D,44D,45D. The van der Waals surface area contributed by atoms with E-state index in [1.807, 2.05) is 0 Å². The molecule has 2 aliphatic rings. The molecule has 0 atom stereocenters. The lowest BCUT2D eigenvalue weighted by molar-refractivity contribution is 0.589. The maximum absolute atomic E-state index is 10.1. The summed E-state index contributed by atoms with van der Waals surface area (Å²) in [4.78, 5) is 5.41. The van der Waals surface area contributed by atoms with E-state index in [1.165, 1.54) is 116 Å². The van der Waals surface area contributed by atoms with Crippen molar-refractivity contribution in [3.05, 3.63) is 407 Å². The third kappa shape index (κ3) is 14.4. The zero-order valence-corrected chi connectivity index (χ0v) is 73.9. The molecule has 0 N–H and O–H groups in total. The summed E-state index contributed by atoms with van der Waals surface area (Å²) in [5.74, 6) is 0. The van der Waals surface area contributed by atoms with Crippen LogP contribution in [-0.2, 0) is 60.6 Å². The molecule has 3 aromatic heterocycles. The molecule has 125 heavy (non-hydrogen) atoms. The van der Waals surface area contributed by atoms with Gasteiger partial charge in [0.2, 0.25) is 0 Å². The second kappa shape index (κ2) is 30.8. The van der Waals surface area contributed by atoms with Crippen LogP contribution in [-0.4, -0.2) is 27.0 Å². The van der Waals surface area contributed by atoms with Crippen LogP contribution in [0.5, 0.6) is 0 Å². The Balaban J connectivity index is 0.819. The number of rotatable bonds is 17. The Bertz CT molecular complexity index is 7440. The van der Waals surface area contributed by atoms with Gasteiger partial charge in [0.05, 0.1) is 16.5 Å². The summed E-state index contributed by atoms with van der Waals surface area (Å²) >= 11 is 0. The third-order valence-electron chi connectivity index (χ3n) is 27.0. The quantitative estimate of drug-likeness (QED) is 0.0848. The van der Waals surface area contributed by atoms with Crippen molar-refractivity contribution < 1.29 is 5.48 Å². The molecule has 0 unspecified atom stereocenters. The molecule has 0 saturated heterocycles. The summed E-state index contributed by atoms with van der Waals surface area (Å²) in [5.41, 5.74) is 36.8. The van der Waals surface area contributed by atoms with E-state index in [2.05, 4.69) is 434 Å². The van der Waals surface area contributed by atoms with Crippen molar-refractivity contribution in [3.63, 3.8) is 0 Å². The number of fused-ring (bicyclic) bond motifs is 13. The van der Waals surface area contributed by atoms with Crippen LogP contribution < -0.4 is 26.2 Å². The Morgan fingerprint density at radius 3 is 1.33 bits per heavy atom. The number of benzene rings is 16. The van der Waals surface area contributed by atoms with Gasteiger partial charge in [0.1, 0.15) is 0 Å². The van der Waals surface area contributed by atoms with Gasteiger partial charge in [-0.2, -0.15) is 0 Å². The second-order valence-corrected chi connectivity index (χ2v) is 39.3. The van der Waals surface area contributed by atoms with E-state index >= 15 is 0 Å². The van der Waals surface area contributed by atoms with Crippen molar-refractivity contribution >= 4 is 111 Å². The van der Waals surface area contributed by atoms with Crippen molar-refractivity contribution in [1.29, 1.82) is 0 Å². The van der Waals surface area contributed by atoms with E-state index < -0.39 is 0 Å². The van der Waals surface area contributed by atoms with E-state index in [-0.39, 0.29) is 52.5 Å². The van der Waals surface area contributed by atoms with Gasteiger partial charge in [0.25, 0.3) is 6.71 Å². The van der Waals surface area contributed by atoms with Crippen LogP contribution in [0.2, 0.25) is 0 Å². The van der Waals surface area contributed by atoms with E-state index in [1.54, 1.807) is 0 Å². The molecule has 612 valence electrons. The molecule has 0 amide bonds. The summed E-state index contributed by atoms with van der Waals surface area (Å²) < 4.78 is 45.9. The van der Waals surface area contributed by atoms with E-state index in [0.717, 1.165) is 89.7 Å². The molecular weight excluding hydrogens is 1510 g/mol. The zero-order valence-electron chi connectivity index (χ0n) is 77.9. The first-order chi connectivity index (χ1) is 62.1. The van der Waals surface area contributed by atoms with Gasteiger partial charge in [-0.05, 0) is 261 Å². The third-order valence-corrected chi connectivity index (χ3v) is 27.0. The molecule has 5 heterocycles. The van der Waals surface area contributed by atoms with Crippen molar-refractivity contribution in [2.75, 3.05) is 16.3 Å². The Morgan fingerprint density at radius 2 is 0.752 bits per heavy atom. The molecule has 0 aliphatic carbocycles. The fourth-order valence-corrected chi connectivity index (χ4v) is 20.3.